The number of methoxy groups -OCH3 is 2. The van der Waals surface area contributed by atoms with E-state index in [-0.39, 0.29) is 23.9 Å². The quantitative estimate of drug-likeness (QED) is 0.480. The Morgan fingerprint density at radius 1 is 1.15 bits per heavy atom. The predicted molar refractivity (Wildman–Crippen MR) is 73.1 cm³/mol. The minimum atomic E-state index is -0.679. The molecule has 0 radical (unpaired) electrons. The highest BCUT2D eigenvalue weighted by Crippen LogP contribution is 2.51. The van der Waals surface area contributed by atoms with Crippen molar-refractivity contribution in [3.8, 4) is 0 Å². The largest absolute Gasteiger partial charge is 0.458 e. The molecule has 0 aromatic heterocycles. The van der Waals surface area contributed by atoms with Crippen LogP contribution in [-0.4, -0.2) is 32.1 Å². The Morgan fingerprint density at radius 3 is 2.45 bits per heavy atom. The molecule has 2 aliphatic carbocycles. The molecule has 3 rings (SSSR count). The first kappa shape index (κ1) is 13.3. The van der Waals surface area contributed by atoms with Gasteiger partial charge in [-0.1, -0.05) is 30.4 Å². The number of ether oxygens (including phenoxy) is 3. The second-order valence-corrected chi connectivity index (χ2v) is 5.19. The highest BCUT2D eigenvalue weighted by molar-refractivity contribution is 5.89. The SMILES string of the molecule is COC1(OC)C2C=CC1C(OC(=O)c1ccccc1)C2. The third-order valence-electron chi connectivity index (χ3n) is 4.32. The fourth-order valence-corrected chi connectivity index (χ4v) is 3.35. The van der Waals surface area contributed by atoms with Crippen LogP contribution in [0.15, 0.2) is 42.5 Å². The van der Waals surface area contributed by atoms with E-state index >= 15 is 0 Å². The molecule has 3 atom stereocenters. The lowest BCUT2D eigenvalue weighted by atomic mass is 10.0. The molecule has 1 aromatic rings. The van der Waals surface area contributed by atoms with Gasteiger partial charge in [-0.25, -0.2) is 4.79 Å². The number of carbonyl (C=O) groups is 1. The Bertz CT molecular complexity index is 519. The summed E-state index contributed by atoms with van der Waals surface area (Å²) in [5, 5.41) is 0. The summed E-state index contributed by atoms with van der Waals surface area (Å²) in [6.07, 6.45) is 4.66. The molecular formula is C16H18O4. The molecule has 0 N–H and O–H groups in total. The van der Waals surface area contributed by atoms with E-state index in [9.17, 15) is 4.79 Å². The second kappa shape index (κ2) is 5.04. The molecule has 0 heterocycles. The van der Waals surface area contributed by atoms with E-state index in [0.29, 0.717) is 5.56 Å². The van der Waals surface area contributed by atoms with Crippen molar-refractivity contribution < 1.29 is 19.0 Å². The zero-order valence-electron chi connectivity index (χ0n) is 11.6. The monoisotopic (exact) mass is 274 g/mol. The van der Waals surface area contributed by atoms with Crippen molar-refractivity contribution in [3.05, 3.63) is 48.0 Å². The Kier molecular flexibility index (Phi) is 3.36. The van der Waals surface area contributed by atoms with Gasteiger partial charge in [0.25, 0.3) is 0 Å². The maximum atomic E-state index is 12.1. The minimum Gasteiger partial charge on any atom is -0.458 e. The number of carbonyl (C=O) groups excluding carboxylic acids is 1. The maximum Gasteiger partial charge on any atom is 0.338 e. The number of hydrogen-bond donors (Lipinski definition) is 0. The Hall–Kier alpha value is -1.65. The summed E-state index contributed by atoms with van der Waals surface area (Å²) in [5.74, 6) is -0.884. The van der Waals surface area contributed by atoms with E-state index in [0.717, 1.165) is 6.42 Å². The van der Waals surface area contributed by atoms with Gasteiger partial charge in [-0.3, -0.25) is 0 Å². The number of esters is 1. The molecule has 2 aliphatic rings. The summed E-state index contributed by atoms with van der Waals surface area (Å²) >= 11 is 0. The number of benzene rings is 1. The van der Waals surface area contributed by atoms with Crippen molar-refractivity contribution in [3.63, 3.8) is 0 Å². The molecule has 1 saturated carbocycles. The molecule has 20 heavy (non-hydrogen) atoms. The topological polar surface area (TPSA) is 44.8 Å². The summed E-state index contributed by atoms with van der Waals surface area (Å²) in [7, 11) is 3.27. The van der Waals surface area contributed by atoms with Crippen molar-refractivity contribution in [1.29, 1.82) is 0 Å². The summed E-state index contributed by atoms with van der Waals surface area (Å²) in [6.45, 7) is 0. The summed E-state index contributed by atoms with van der Waals surface area (Å²) in [6, 6.07) is 9.03. The lowest BCUT2D eigenvalue weighted by molar-refractivity contribution is -0.234. The average Bonchev–Trinajstić information content (AvgIpc) is 3.00. The van der Waals surface area contributed by atoms with E-state index in [1.54, 1.807) is 26.4 Å². The van der Waals surface area contributed by atoms with Gasteiger partial charge >= 0.3 is 5.97 Å². The highest BCUT2D eigenvalue weighted by atomic mass is 16.7. The molecule has 4 heteroatoms. The van der Waals surface area contributed by atoms with Crippen LogP contribution in [0, 0.1) is 11.8 Å². The lowest BCUT2D eigenvalue weighted by Gasteiger charge is -2.31. The molecule has 2 bridgehead atoms. The second-order valence-electron chi connectivity index (χ2n) is 5.19. The van der Waals surface area contributed by atoms with Crippen LogP contribution in [0.25, 0.3) is 0 Å². The maximum absolute atomic E-state index is 12.1. The average molecular weight is 274 g/mol. The van der Waals surface area contributed by atoms with E-state index in [1.165, 1.54) is 0 Å². The first-order valence-corrected chi connectivity index (χ1v) is 6.76. The Balaban J connectivity index is 1.75. The van der Waals surface area contributed by atoms with Gasteiger partial charge in [0.15, 0.2) is 5.79 Å². The van der Waals surface area contributed by atoms with Crippen LogP contribution in [-0.2, 0) is 14.2 Å². The molecule has 4 nitrogen and oxygen atoms in total. The van der Waals surface area contributed by atoms with Crippen LogP contribution in [0.1, 0.15) is 16.8 Å². The first-order chi connectivity index (χ1) is 9.71. The molecule has 0 aliphatic heterocycles. The van der Waals surface area contributed by atoms with E-state index in [2.05, 4.69) is 6.08 Å². The van der Waals surface area contributed by atoms with Crippen LogP contribution >= 0.6 is 0 Å². The molecule has 0 amide bonds. The van der Waals surface area contributed by atoms with E-state index in [4.69, 9.17) is 14.2 Å². The van der Waals surface area contributed by atoms with E-state index in [1.807, 2.05) is 24.3 Å². The lowest BCUT2D eigenvalue weighted by Crippen LogP contribution is -2.41. The van der Waals surface area contributed by atoms with Gasteiger partial charge in [-0.05, 0) is 18.6 Å². The zero-order valence-corrected chi connectivity index (χ0v) is 11.6. The number of fused-ring (bicyclic) bond motifs is 2. The fraction of sp³-hybridized carbons (Fsp3) is 0.438. The van der Waals surface area contributed by atoms with Crippen LogP contribution in [0.4, 0.5) is 0 Å². The van der Waals surface area contributed by atoms with Gasteiger partial charge in [0, 0.05) is 20.1 Å². The van der Waals surface area contributed by atoms with Gasteiger partial charge in [0.2, 0.25) is 0 Å². The molecule has 1 fully saturated rings. The molecule has 106 valence electrons. The summed E-state index contributed by atoms with van der Waals surface area (Å²) < 4.78 is 16.8. The summed E-state index contributed by atoms with van der Waals surface area (Å²) in [4.78, 5) is 12.1. The predicted octanol–water partition coefficient (Wildman–Crippen LogP) is 2.41. The van der Waals surface area contributed by atoms with Crippen LogP contribution in [0.3, 0.4) is 0 Å². The van der Waals surface area contributed by atoms with E-state index < -0.39 is 5.79 Å². The molecule has 3 unspecified atom stereocenters. The van der Waals surface area contributed by atoms with Crippen molar-refractivity contribution >= 4 is 5.97 Å². The number of hydrogen-bond acceptors (Lipinski definition) is 4. The third-order valence-corrected chi connectivity index (χ3v) is 4.32. The first-order valence-electron chi connectivity index (χ1n) is 6.76. The van der Waals surface area contributed by atoms with Crippen LogP contribution in [0.5, 0.6) is 0 Å². The number of rotatable bonds is 4. The van der Waals surface area contributed by atoms with Crippen LogP contribution in [0.2, 0.25) is 0 Å². The molecule has 0 saturated heterocycles. The highest BCUT2D eigenvalue weighted by Gasteiger charge is 2.59. The zero-order chi connectivity index (χ0) is 14.2. The Morgan fingerprint density at radius 2 is 1.85 bits per heavy atom. The van der Waals surface area contributed by atoms with Crippen molar-refractivity contribution in [2.45, 2.75) is 18.3 Å². The molecule has 0 spiro atoms. The van der Waals surface area contributed by atoms with Crippen molar-refractivity contribution in [1.82, 2.24) is 0 Å². The van der Waals surface area contributed by atoms with Crippen molar-refractivity contribution in [2.75, 3.05) is 14.2 Å². The molecular weight excluding hydrogens is 256 g/mol. The van der Waals surface area contributed by atoms with Gasteiger partial charge in [-0.15, -0.1) is 0 Å². The smallest absolute Gasteiger partial charge is 0.338 e. The van der Waals surface area contributed by atoms with Gasteiger partial charge in [0.05, 0.1) is 11.5 Å². The van der Waals surface area contributed by atoms with Crippen molar-refractivity contribution in [2.24, 2.45) is 11.8 Å². The third kappa shape index (κ3) is 1.87. The molecule has 1 aromatic carbocycles. The van der Waals surface area contributed by atoms with Gasteiger partial charge in [-0.2, -0.15) is 0 Å². The Labute approximate surface area is 118 Å². The van der Waals surface area contributed by atoms with Gasteiger partial charge < -0.3 is 14.2 Å². The fourth-order valence-electron chi connectivity index (χ4n) is 3.35. The standard InChI is InChI=1S/C16H18O4/c1-18-16(19-2)12-8-9-13(16)14(10-12)20-15(17)11-6-4-3-5-7-11/h3-9,12-14H,10H2,1-2H3. The normalized spacial score (nSPS) is 29.6. The summed E-state index contributed by atoms with van der Waals surface area (Å²) in [5.41, 5.74) is 0.569. The minimum absolute atomic E-state index is 0.0461. The van der Waals surface area contributed by atoms with Crippen LogP contribution < -0.4 is 0 Å². The van der Waals surface area contributed by atoms with Gasteiger partial charge in [0.1, 0.15) is 6.10 Å².